The van der Waals surface area contributed by atoms with Crippen LogP contribution in [0.5, 0.6) is 5.75 Å². The molecule has 0 spiro atoms. The molecule has 0 fully saturated rings. The van der Waals surface area contributed by atoms with E-state index < -0.39 is 34.4 Å². The van der Waals surface area contributed by atoms with E-state index in [0.29, 0.717) is 5.75 Å². The molecule has 10 nitrogen and oxygen atoms in total. The van der Waals surface area contributed by atoms with E-state index in [1.807, 2.05) is 0 Å². The van der Waals surface area contributed by atoms with Crippen molar-refractivity contribution in [1.82, 2.24) is 4.31 Å². The summed E-state index contributed by atoms with van der Waals surface area (Å²) in [6.45, 7) is 1.15. The molecule has 172 valence electrons. The minimum atomic E-state index is -3.95. The molecule has 2 aromatic carbocycles. The highest BCUT2D eigenvalue weighted by atomic mass is 32.2. The van der Waals surface area contributed by atoms with Crippen molar-refractivity contribution >= 4 is 33.6 Å². The average Bonchev–Trinajstić information content (AvgIpc) is 2.80. The van der Waals surface area contributed by atoms with Crippen molar-refractivity contribution in [2.24, 2.45) is 0 Å². The number of hydrogen-bond acceptors (Lipinski definition) is 8. The van der Waals surface area contributed by atoms with Crippen LogP contribution >= 0.6 is 0 Å². The molecule has 0 saturated heterocycles. The number of nitrogens with zero attached hydrogens (tertiary/aromatic N) is 1. The fraction of sp³-hybridized carbons (Fsp3) is 0.286. The smallest absolute Gasteiger partial charge is 0.337 e. The molecule has 1 amide bonds. The van der Waals surface area contributed by atoms with Gasteiger partial charge in [0.05, 0.1) is 43.9 Å². The molecule has 1 N–H and O–H groups in total. The summed E-state index contributed by atoms with van der Waals surface area (Å²) in [5, 5.41) is 2.51. The van der Waals surface area contributed by atoms with Gasteiger partial charge in [0.2, 0.25) is 15.9 Å². The second-order valence-electron chi connectivity index (χ2n) is 6.44. The maximum atomic E-state index is 12.9. The Morgan fingerprint density at radius 2 is 1.44 bits per heavy atom. The fourth-order valence-electron chi connectivity index (χ4n) is 2.80. The van der Waals surface area contributed by atoms with Crippen LogP contribution in [0.15, 0.2) is 47.4 Å². The summed E-state index contributed by atoms with van der Waals surface area (Å²) in [5.41, 5.74) is 0.143. The number of carbonyl (C=O) groups is 3. The Labute approximate surface area is 186 Å². The van der Waals surface area contributed by atoms with Crippen molar-refractivity contribution in [3.8, 4) is 5.75 Å². The quantitative estimate of drug-likeness (QED) is 0.558. The van der Waals surface area contributed by atoms with Gasteiger partial charge >= 0.3 is 11.9 Å². The lowest BCUT2D eigenvalue weighted by Gasteiger charge is -2.20. The predicted octanol–water partition coefficient (Wildman–Crippen LogP) is 1.92. The molecule has 0 aliphatic rings. The van der Waals surface area contributed by atoms with E-state index in [-0.39, 0.29) is 28.3 Å². The van der Waals surface area contributed by atoms with Crippen molar-refractivity contribution in [3.63, 3.8) is 0 Å². The highest BCUT2D eigenvalue weighted by Gasteiger charge is 2.25. The normalized spacial score (nSPS) is 11.0. The lowest BCUT2D eigenvalue weighted by Crippen LogP contribution is -2.37. The van der Waals surface area contributed by atoms with E-state index in [1.165, 1.54) is 63.8 Å². The number of rotatable bonds is 9. The van der Waals surface area contributed by atoms with E-state index in [9.17, 15) is 22.8 Å². The maximum Gasteiger partial charge on any atom is 0.337 e. The Bertz CT molecular complexity index is 1060. The Morgan fingerprint density at radius 1 is 0.906 bits per heavy atom. The van der Waals surface area contributed by atoms with E-state index in [0.717, 1.165) is 4.31 Å². The van der Waals surface area contributed by atoms with Crippen LogP contribution in [0.2, 0.25) is 0 Å². The van der Waals surface area contributed by atoms with Crippen molar-refractivity contribution in [1.29, 1.82) is 0 Å². The average molecular weight is 464 g/mol. The number of sulfonamides is 1. The second-order valence-corrected chi connectivity index (χ2v) is 8.38. The first-order valence-corrected chi connectivity index (χ1v) is 10.9. The summed E-state index contributed by atoms with van der Waals surface area (Å²) in [7, 11) is -0.130. The van der Waals surface area contributed by atoms with Crippen LogP contribution in [0.1, 0.15) is 27.6 Å². The van der Waals surface area contributed by atoms with Gasteiger partial charge < -0.3 is 19.5 Å². The predicted molar refractivity (Wildman–Crippen MR) is 115 cm³/mol. The second kappa shape index (κ2) is 10.7. The number of likely N-dealkylation sites (N-methyl/N-ethyl adjacent to an activating group) is 1. The molecule has 0 bridgehead atoms. The lowest BCUT2D eigenvalue weighted by atomic mass is 10.1. The SMILES string of the molecule is CCN(CC(=O)Nc1cc(C(=O)OC)cc(C(=O)OC)c1)S(=O)(=O)c1ccc(OC)cc1. The molecule has 32 heavy (non-hydrogen) atoms. The van der Waals surface area contributed by atoms with Gasteiger partial charge in [-0.15, -0.1) is 0 Å². The Morgan fingerprint density at radius 3 is 1.88 bits per heavy atom. The third kappa shape index (κ3) is 5.83. The first-order chi connectivity index (χ1) is 15.2. The molecule has 0 heterocycles. The zero-order valence-corrected chi connectivity index (χ0v) is 18.9. The number of nitrogens with one attached hydrogen (secondary N) is 1. The highest BCUT2D eigenvalue weighted by Crippen LogP contribution is 2.20. The number of benzene rings is 2. The van der Waals surface area contributed by atoms with Gasteiger partial charge in [0.1, 0.15) is 5.75 Å². The number of ether oxygens (including phenoxy) is 3. The molecule has 0 atom stereocenters. The summed E-state index contributed by atoms with van der Waals surface area (Å²) in [4.78, 5) is 36.4. The van der Waals surface area contributed by atoms with Crippen LogP contribution in [0.4, 0.5) is 5.69 Å². The molecule has 0 aliphatic carbocycles. The molecule has 0 radical (unpaired) electrons. The fourth-order valence-corrected chi connectivity index (χ4v) is 4.20. The van der Waals surface area contributed by atoms with E-state index in [2.05, 4.69) is 14.8 Å². The number of anilines is 1. The van der Waals surface area contributed by atoms with E-state index in [4.69, 9.17) is 4.74 Å². The molecule has 11 heteroatoms. The summed E-state index contributed by atoms with van der Waals surface area (Å²) >= 11 is 0. The molecule has 0 aliphatic heterocycles. The largest absolute Gasteiger partial charge is 0.497 e. The molecule has 0 saturated carbocycles. The molecular formula is C21H24N2O8S. The van der Waals surface area contributed by atoms with Crippen LogP contribution < -0.4 is 10.1 Å². The zero-order valence-electron chi connectivity index (χ0n) is 18.1. The van der Waals surface area contributed by atoms with E-state index >= 15 is 0 Å². The van der Waals surface area contributed by atoms with Gasteiger partial charge in [-0.1, -0.05) is 6.92 Å². The molecule has 0 aromatic heterocycles. The van der Waals surface area contributed by atoms with Crippen LogP contribution in [-0.4, -0.2) is 65.0 Å². The maximum absolute atomic E-state index is 12.9. The van der Waals surface area contributed by atoms with Crippen LogP contribution in [-0.2, 0) is 24.3 Å². The summed E-state index contributed by atoms with van der Waals surface area (Å²) in [5.74, 6) is -1.61. The summed E-state index contributed by atoms with van der Waals surface area (Å²) in [6.07, 6.45) is 0. The molecule has 2 aromatic rings. The number of esters is 2. The van der Waals surface area contributed by atoms with Gasteiger partial charge in [-0.25, -0.2) is 18.0 Å². The number of carbonyl (C=O) groups excluding carboxylic acids is 3. The summed E-state index contributed by atoms with van der Waals surface area (Å²) in [6, 6.07) is 9.67. The summed E-state index contributed by atoms with van der Waals surface area (Å²) < 4.78 is 41.1. The molecular weight excluding hydrogens is 440 g/mol. The molecule has 0 unspecified atom stereocenters. The Kier molecular flexibility index (Phi) is 8.33. The topological polar surface area (TPSA) is 128 Å². The standard InChI is InChI=1S/C21H24N2O8S/c1-5-23(32(27,28)18-8-6-17(29-2)7-9-18)13-19(24)22-16-11-14(20(25)30-3)10-15(12-16)21(26)31-4/h6-12H,5,13H2,1-4H3,(H,22,24). The number of methoxy groups -OCH3 is 3. The van der Waals surface area contributed by atoms with Crippen molar-refractivity contribution < 1.29 is 37.0 Å². The monoisotopic (exact) mass is 464 g/mol. The third-order valence-corrected chi connectivity index (χ3v) is 6.36. The van der Waals surface area contributed by atoms with Gasteiger partial charge in [-0.05, 0) is 42.5 Å². The van der Waals surface area contributed by atoms with E-state index in [1.54, 1.807) is 6.92 Å². The van der Waals surface area contributed by atoms with Crippen LogP contribution in [0.3, 0.4) is 0 Å². The minimum absolute atomic E-state index is 0.00798. The van der Waals surface area contributed by atoms with Crippen molar-refractivity contribution in [2.45, 2.75) is 11.8 Å². The Balaban J connectivity index is 2.25. The number of hydrogen-bond donors (Lipinski definition) is 1. The first-order valence-electron chi connectivity index (χ1n) is 9.42. The minimum Gasteiger partial charge on any atom is -0.497 e. The Hall–Kier alpha value is -3.44. The number of amides is 1. The van der Waals surface area contributed by atoms with Crippen LogP contribution in [0.25, 0.3) is 0 Å². The third-order valence-electron chi connectivity index (χ3n) is 4.43. The van der Waals surface area contributed by atoms with Gasteiger partial charge in [-0.2, -0.15) is 4.31 Å². The van der Waals surface area contributed by atoms with Crippen molar-refractivity contribution in [3.05, 3.63) is 53.6 Å². The lowest BCUT2D eigenvalue weighted by molar-refractivity contribution is -0.116. The van der Waals surface area contributed by atoms with Gasteiger partial charge in [-0.3, -0.25) is 4.79 Å². The van der Waals surface area contributed by atoms with Gasteiger partial charge in [0, 0.05) is 12.2 Å². The first kappa shape index (κ1) is 24.8. The van der Waals surface area contributed by atoms with Crippen molar-refractivity contribution in [2.75, 3.05) is 39.7 Å². The zero-order chi connectivity index (χ0) is 23.9. The molecule has 2 rings (SSSR count). The van der Waals surface area contributed by atoms with Crippen LogP contribution in [0, 0.1) is 0 Å². The van der Waals surface area contributed by atoms with Gasteiger partial charge in [0.25, 0.3) is 0 Å². The van der Waals surface area contributed by atoms with Gasteiger partial charge in [0.15, 0.2) is 0 Å². The highest BCUT2D eigenvalue weighted by molar-refractivity contribution is 7.89.